The molecule has 2 aromatic heterocycles. The number of hydrogen-bond donors (Lipinski definition) is 2. The predicted octanol–water partition coefficient (Wildman–Crippen LogP) is 2.48. The van der Waals surface area contributed by atoms with Gasteiger partial charge in [-0.05, 0) is 43.6 Å². The minimum absolute atomic E-state index is 0.0135. The van der Waals surface area contributed by atoms with Crippen LogP contribution in [0.5, 0.6) is 0 Å². The van der Waals surface area contributed by atoms with E-state index in [0.717, 1.165) is 42.3 Å². The van der Waals surface area contributed by atoms with Crippen LogP contribution in [0.4, 0.5) is 0 Å². The van der Waals surface area contributed by atoms with E-state index in [-0.39, 0.29) is 11.5 Å². The number of aryl methyl sites for hydroxylation is 1. The van der Waals surface area contributed by atoms with Crippen molar-refractivity contribution in [3.05, 3.63) is 20.8 Å². The summed E-state index contributed by atoms with van der Waals surface area (Å²) in [5.74, 6) is 0.988. The largest absolute Gasteiger partial charge is 0.353 e. The number of carbonyl (C=O) groups is 1. The first-order chi connectivity index (χ1) is 11.1. The van der Waals surface area contributed by atoms with Crippen molar-refractivity contribution in [1.82, 2.24) is 15.3 Å². The van der Waals surface area contributed by atoms with Crippen molar-refractivity contribution in [3.8, 4) is 0 Å². The Bertz CT molecular complexity index is 823. The van der Waals surface area contributed by atoms with Gasteiger partial charge in [0.1, 0.15) is 4.83 Å². The second kappa shape index (κ2) is 5.94. The molecule has 0 radical (unpaired) electrons. The van der Waals surface area contributed by atoms with Crippen LogP contribution in [0.2, 0.25) is 0 Å². The van der Waals surface area contributed by atoms with Gasteiger partial charge in [-0.2, -0.15) is 0 Å². The smallest absolute Gasteiger partial charge is 0.260 e. The van der Waals surface area contributed by atoms with Crippen LogP contribution in [0, 0.1) is 5.92 Å². The molecule has 1 atom stereocenters. The molecule has 4 rings (SSSR count). The van der Waals surface area contributed by atoms with Crippen LogP contribution in [0.3, 0.4) is 0 Å². The maximum atomic E-state index is 12.4. The van der Waals surface area contributed by atoms with Crippen molar-refractivity contribution in [3.63, 3.8) is 0 Å². The van der Waals surface area contributed by atoms with E-state index >= 15 is 0 Å². The van der Waals surface area contributed by atoms with E-state index < -0.39 is 0 Å². The molecule has 2 aliphatic rings. The Labute approximate surface area is 142 Å². The third kappa shape index (κ3) is 3.17. The zero-order valence-electron chi connectivity index (χ0n) is 13.0. The van der Waals surface area contributed by atoms with Crippen molar-refractivity contribution >= 4 is 39.2 Å². The first kappa shape index (κ1) is 15.2. The first-order valence-electron chi connectivity index (χ1n) is 8.07. The molecule has 2 N–H and O–H groups in total. The molecule has 0 bridgehead atoms. The van der Waals surface area contributed by atoms with Gasteiger partial charge in [0.2, 0.25) is 5.91 Å². The van der Waals surface area contributed by atoms with E-state index in [1.165, 1.54) is 22.2 Å². The molecule has 2 aromatic rings. The summed E-state index contributed by atoms with van der Waals surface area (Å²) >= 11 is 2.94. The number of nitrogens with zero attached hydrogens (tertiary/aromatic N) is 1. The highest BCUT2D eigenvalue weighted by Crippen LogP contribution is 2.36. The van der Waals surface area contributed by atoms with Gasteiger partial charge < -0.3 is 10.3 Å². The maximum absolute atomic E-state index is 12.4. The Kier molecular flexibility index (Phi) is 3.93. The van der Waals surface area contributed by atoms with E-state index in [1.54, 1.807) is 11.3 Å². The lowest BCUT2D eigenvalue weighted by atomic mass is 9.89. The Hall–Kier alpha value is -1.34. The van der Waals surface area contributed by atoms with Crippen LogP contribution in [0.15, 0.2) is 9.95 Å². The van der Waals surface area contributed by atoms with Crippen LogP contribution in [0.1, 0.15) is 36.6 Å². The number of nitrogens with one attached hydrogen (secondary N) is 2. The van der Waals surface area contributed by atoms with Crippen molar-refractivity contribution in [2.45, 2.75) is 50.2 Å². The molecule has 2 heterocycles. The lowest BCUT2D eigenvalue weighted by Crippen LogP contribution is -2.27. The standard InChI is InChI=1S/C16H19N3O2S2/c1-8-2-5-10-11(6-8)23-15-13(10)14(21)18-16(19-15)22-7-12(20)17-9-3-4-9/h8-9H,2-7H2,1H3,(H,17,20)(H,18,19,21)/t8-/m0/s1. The van der Waals surface area contributed by atoms with E-state index in [0.29, 0.717) is 22.9 Å². The van der Waals surface area contributed by atoms with Crippen LogP contribution in [0.25, 0.3) is 10.2 Å². The molecule has 0 aliphatic heterocycles. The number of hydrogen-bond acceptors (Lipinski definition) is 5. The molecule has 0 spiro atoms. The molecule has 1 fully saturated rings. The van der Waals surface area contributed by atoms with Gasteiger partial charge in [-0.15, -0.1) is 11.3 Å². The zero-order valence-corrected chi connectivity index (χ0v) is 14.6. The fraction of sp³-hybridized carbons (Fsp3) is 0.562. The quantitative estimate of drug-likeness (QED) is 0.657. The number of amides is 1. The zero-order chi connectivity index (χ0) is 16.0. The molecule has 5 nitrogen and oxygen atoms in total. The number of aromatic nitrogens is 2. The molecule has 1 amide bonds. The molecule has 122 valence electrons. The van der Waals surface area contributed by atoms with Crippen molar-refractivity contribution in [2.24, 2.45) is 5.92 Å². The van der Waals surface area contributed by atoms with Gasteiger partial charge >= 0.3 is 0 Å². The topological polar surface area (TPSA) is 74.8 Å². The fourth-order valence-electron chi connectivity index (χ4n) is 3.03. The summed E-state index contributed by atoms with van der Waals surface area (Å²) in [6, 6.07) is 0.364. The Morgan fingerprint density at radius 1 is 1.43 bits per heavy atom. The molecule has 2 aliphatic carbocycles. The number of fused-ring (bicyclic) bond motifs is 3. The van der Waals surface area contributed by atoms with Crippen molar-refractivity contribution in [1.29, 1.82) is 0 Å². The molecule has 0 aromatic carbocycles. The number of thioether (sulfide) groups is 1. The molecular formula is C16H19N3O2S2. The SMILES string of the molecule is C[C@H]1CCc2c(sc3nc(SCC(=O)NC4CC4)[nH]c(=O)c23)C1. The minimum atomic E-state index is -0.0628. The summed E-state index contributed by atoms with van der Waals surface area (Å²) in [7, 11) is 0. The summed E-state index contributed by atoms with van der Waals surface area (Å²) in [5.41, 5.74) is 1.13. The second-order valence-corrected chi connectivity index (χ2v) is 8.58. The van der Waals surface area contributed by atoms with E-state index in [9.17, 15) is 9.59 Å². The molecule has 0 unspecified atom stereocenters. The summed E-state index contributed by atoms with van der Waals surface area (Å²) in [4.78, 5) is 33.8. The van der Waals surface area contributed by atoms with Gasteiger partial charge in [0.05, 0.1) is 11.1 Å². The normalized spacial score (nSPS) is 20.5. The van der Waals surface area contributed by atoms with Crippen LogP contribution in [-0.2, 0) is 17.6 Å². The molecule has 0 saturated heterocycles. The van der Waals surface area contributed by atoms with E-state index in [2.05, 4.69) is 22.2 Å². The van der Waals surface area contributed by atoms with Crippen molar-refractivity contribution < 1.29 is 4.79 Å². The number of H-pyrrole nitrogens is 1. The number of rotatable bonds is 4. The Morgan fingerprint density at radius 3 is 3.04 bits per heavy atom. The number of thiophene rings is 1. The third-order valence-electron chi connectivity index (χ3n) is 4.43. The second-order valence-electron chi connectivity index (χ2n) is 6.53. The predicted molar refractivity (Wildman–Crippen MR) is 93.3 cm³/mol. The maximum Gasteiger partial charge on any atom is 0.260 e. The summed E-state index contributed by atoms with van der Waals surface area (Å²) < 4.78 is 0. The van der Waals surface area contributed by atoms with Gasteiger partial charge in [-0.1, -0.05) is 18.7 Å². The highest BCUT2D eigenvalue weighted by atomic mass is 32.2. The third-order valence-corrected chi connectivity index (χ3v) is 6.45. The first-order valence-corrected chi connectivity index (χ1v) is 9.87. The molecule has 7 heteroatoms. The Morgan fingerprint density at radius 2 is 2.26 bits per heavy atom. The van der Waals surface area contributed by atoms with Crippen LogP contribution in [-0.4, -0.2) is 27.7 Å². The summed E-state index contributed by atoms with van der Waals surface area (Å²) in [5, 5.41) is 4.25. The Balaban J connectivity index is 1.57. The van der Waals surface area contributed by atoms with Crippen LogP contribution >= 0.6 is 23.1 Å². The number of aromatic amines is 1. The average Bonchev–Trinajstić information content (AvgIpc) is 3.23. The summed E-state index contributed by atoms with van der Waals surface area (Å²) in [6.45, 7) is 2.25. The lowest BCUT2D eigenvalue weighted by molar-refractivity contribution is -0.118. The number of carbonyl (C=O) groups excluding carboxylic acids is 1. The minimum Gasteiger partial charge on any atom is -0.353 e. The molecule has 23 heavy (non-hydrogen) atoms. The van der Waals surface area contributed by atoms with E-state index in [4.69, 9.17) is 0 Å². The van der Waals surface area contributed by atoms with Gasteiger partial charge in [0.25, 0.3) is 5.56 Å². The van der Waals surface area contributed by atoms with Crippen LogP contribution < -0.4 is 10.9 Å². The highest BCUT2D eigenvalue weighted by Gasteiger charge is 2.24. The average molecular weight is 349 g/mol. The van der Waals surface area contributed by atoms with Gasteiger partial charge in [-0.3, -0.25) is 9.59 Å². The van der Waals surface area contributed by atoms with Gasteiger partial charge in [0.15, 0.2) is 5.16 Å². The molecular weight excluding hydrogens is 330 g/mol. The fourth-order valence-corrected chi connectivity index (χ4v) is 5.14. The van der Waals surface area contributed by atoms with Gasteiger partial charge in [0, 0.05) is 10.9 Å². The summed E-state index contributed by atoms with van der Waals surface area (Å²) in [6.07, 6.45) is 5.31. The van der Waals surface area contributed by atoms with E-state index in [1.807, 2.05) is 0 Å². The lowest BCUT2D eigenvalue weighted by Gasteiger charge is -2.17. The van der Waals surface area contributed by atoms with Gasteiger partial charge in [-0.25, -0.2) is 4.98 Å². The molecule has 1 saturated carbocycles. The highest BCUT2D eigenvalue weighted by molar-refractivity contribution is 7.99. The monoisotopic (exact) mass is 349 g/mol. The van der Waals surface area contributed by atoms with Crippen molar-refractivity contribution in [2.75, 3.05) is 5.75 Å².